The van der Waals surface area contributed by atoms with Crippen molar-refractivity contribution in [3.63, 3.8) is 0 Å². The number of hydrogen-bond acceptors (Lipinski definition) is 15. The minimum atomic E-state index is -4.42. The maximum Gasteiger partial charge on any atom is 0.341 e. The molecule has 4 rings (SSSR count). The van der Waals surface area contributed by atoms with E-state index in [1.165, 1.54) is 12.1 Å². The van der Waals surface area contributed by atoms with Crippen LogP contribution in [0.2, 0.25) is 0 Å². The summed E-state index contributed by atoms with van der Waals surface area (Å²) in [5.74, 6) is -1.68. The number of sulfonamides is 2. The molecule has 0 bridgehead atoms. The number of aryl methyl sites for hydroxylation is 1. The van der Waals surface area contributed by atoms with Crippen LogP contribution in [0.5, 0.6) is 23.0 Å². The summed E-state index contributed by atoms with van der Waals surface area (Å²) in [7, 11) is -5.01. The number of hydrogen-bond donors (Lipinski definition) is 2. The van der Waals surface area contributed by atoms with E-state index in [-0.39, 0.29) is 52.7 Å². The predicted molar refractivity (Wildman–Crippen MR) is 271 cm³/mol. The molecule has 0 unspecified atom stereocenters. The van der Waals surface area contributed by atoms with E-state index in [4.69, 9.17) is 34.0 Å². The Bertz CT molecular complexity index is 2530. The molecule has 4 N–H and O–H groups in total. The molecule has 0 amide bonds. The van der Waals surface area contributed by atoms with Crippen molar-refractivity contribution in [3.8, 4) is 23.0 Å². The predicted octanol–water partition coefficient (Wildman–Crippen LogP) is 8.78. The van der Waals surface area contributed by atoms with Crippen LogP contribution in [-0.2, 0) is 45.5 Å². The molecule has 0 atom stereocenters. The fourth-order valence-corrected chi connectivity index (χ4v) is 8.63. The second-order valence-corrected chi connectivity index (χ2v) is 20.2. The lowest BCUT2D eigenvalue weighted by molar-refractivity contribution is -0.152. The van der Waals surface area contributed by atoms with E-state index in [0.717, 1.165) is 57.4 Å². The number of anilines is 2. The van der Waals surface area contributed by atoms with Crippen molar-refractivity contribution in [2.24, 2.45) is 10.3 Å². The third-order valence-corrected chi connectivity index (χ3v) is 12.9. The van der Waals surface area contributed by atoms with Crippen molar-refractivity contribution in [2.75, 3.05) is 70.0 Å². The zero-order chi connectivity index (χ0) is 51.3. The molecular weight excluding hydrogens is 939 g/mol. The van der Waals surface area contributed by atoms with Gasteiger partial charge in [0.25, 0.3) is 0 Å². The SMILES string of the molecule is CCCCN(CCCC)c1cc(C(=O)OCCCN(C)C)cc(S(N)(=O)=O)c1Oc1ccc(CCC(=O)OCOC(=O)c2cc(N(CCCC)CCCC)c(Oc3ccccc3)c(S(N)(=O)=O)c2)cc1. The Morgan fingerprint density at radius 3 is 1.41 bits per heavy atom. The van der Waals surface area contributed by atoms with E-state index in [0.29, 0.717) is 61.8 Å². The van der Waals surface area contributed by atoms with E-state index >= 15 is 0 Å². The number of ether oxygens (including phenoxy) is 5. The lowest BCUT2D eigenvalue weighted by Crippen LogP contribution is -2.27. The van der Waals surface area contributed by atoms with Gasteiger partial charge in [-0.15, -0.1) is 0 Å². The van der Waals surface area contributed by atoms with Gasteiger partial charge in [-0.3, -0.25) is 4.79 Å². The molecular formula is C51H71N5O12S2. The van der Waals surface area contributed by atoms with E-state index in [2.05, 4.69) is 13.8 Å². The largest absolute Gasteiger partial charge is 0.462 e. The number of nitrogens with zero attached hydrogens (tertiary/aromatic N) is 3. The molecule has 19 heteroatoms. The van der Waals surface area contributed by atoms with Crippen molar-refractivity contribution in [3.05, 3.63) is 95.6 Å². The van der Waals surface area contributed by atoms with Crippen molar-refractivity contribution in [1.82, 2.24) is 4.90 Å². The van der Waals surface area contributed by atoms with Crippen LogP contribution in [0.3, 0.4) is 0 Å². The van der Waals surface area contributed by atoms with Crippen LogP contribution in [0, 0.1) is 0 Å². The molecule has 0 aliphatic heterocycles. The Morgan fingerprint density at radius 2 is 0.986 bits per heavy atom. The van der Waals surface area contributed by atoms with Crippen molar-refractivity contribution in [2.45, 2.75) is 108 Å². The summed E-state index contributed by atoms with van der Waals surface area (Å²) in [6, 6.07) is 20.7. The molecule has 0 heterocycles. The molecule has 0 saturated carbocycles. The number of esters is 3. The van der Waals surface area contributed by atoms with Gasteiger partial charge in [0.05, 0.1) is 29.1 Å². The topological polar surface area (TPSA) is 227 Å². The number of primary sulfonamides is 2. The van der Waals surface area contributed by atoms with Gasteiger partial charge in [-0.1, -0.05) is 83.7 Å². The Balaban J connectivity index is 1.50. The summed E-state index contributed by atoms with van der Waals surface area (Å²) in [5, 5.41) is 11.5. The normalized spacial score (nSPS) is 11.6. The maximum absolute atomic E-state index is 13.5. The molecule has 0 saturated heterocycles. The summed E-state index contributed by atoms with van der Waals surface area (Å²) in [6.45, 7) is 10.5. The Morgan fingerprint density at radius 1 is 0.543 bits per heavy atom. The van der Waals surface area contributed by atoms with Gasteiger partial charge >= 0.3 is 17.9 Å². The van der Waals surface area contributed by atoms with Gasteiger partial charge < -0.3 is 38.4 Å². The molecule has 0 aliphatic carbocycles. The Kier molecular flexibility index (Phi) is 22.9. The molecule has 0 spiro atoms. The number of carbonyl (C=O) groups is 3. The van der Waals surface area contributed by atoms with Crippen LogP contribution >= 0.6 is 0 Å². The van der Waals surface area contributed by atoms with Gasteiger partial charge in [-0.25, -0.2) is 36.7 Å². The summed E-state index contributed by atoms with van der Waals surface area (Å²) in [4.78, 5) is 44.8. The molecule has 0 aliphatic rings. The van der Waals surface area contributed by atoms with Crippen molar-refractivity contribution >= 4 is 49.3 Å². The molecule has 4 aromatic rings. The summed E-state index contributed by atoms with van der Waals surface area (Å²) >= 11 is 0. The first-order valence-electron chi connectivity index (χ1n) is 24.0. The molecule has 0 aromatic heterocycles. The summed E-state index contributed by atoms with van der Waals surface area (Å²) in [5.41, 5.74) is 1.36. The lowest BCUT2D eigenvalue weighted by atomic mass is 10.1. The highest BCUT2D eigenvalue weighted by atomic mass is 32.2. The van der Waals surface area contributed by atoms with Crippen LogP contribution in [0.1, 0.15) is 118 Å². The van der Waals surface area contributed by atoms with E-state index < -0.39 is 49.6 Å². The smallest absolute Gasteiger partial charge is 0.341 e. The zero-order valence-corrected chi connectivity index (χ0v) is 43.1. The Labute approximate surface area is 414 Å². The van der Waals surface area contributed by atoms with Crippen LogP contribution in [0.25, 0.3) is 0 Å². The average molecular weight is 1010 g/mol. The van der Waals surface area contributed by atoms with Gasteiger partial charge in [0, 0.05) is 39.1 Å². The number of rotatable bonds is 31. The third-order valence-electron chi connectivity index (χ3n) is 11.1. The molecule has 384 valence electrons. The maximum atomic E-state index is 13.5. The van der Waals surface area contributed by atoms with E-state index in [1.54, 1.807) is 60.7 Å². The minimum Gasteiger partial charge on any atom is -0.462 e. The second kappa shape index (κ2) is 28.2. The number of unbranched alkanes of at least 4 members (excludes halogenated alkanes) is 4. The van der Waals surface area contributed by atoms with Crippen LogP contribution < -0.4 is 29.6 Å². The second-order valence-electron chi connectivity index (χ2n) is 17.1. The van der Waals surface area contributed by atoms with Gasteiger partial charge in [0.2, 0.25) is 26.8 Å². The van der Waals surface area contributed by atoms with Crippen LogP contribution in [0.15, 0.2) is 88.7 Å². The first kappa shape index (κ1) is 56.9. The highest BCUT2D eigenvalue weighted by Gasteiger charge is 2.29. The highest BCUT2D eigenvalue weighted by Crippen LogP contribution is 2.41. The fraction of sp³-hybridized carbons (Fsp3) is 0.471. The molecule has 0 fully saturated rings. The Hall–Kier alpha value is -5.73. The number of benzene rings is 4. The fourth-order valence-electron chi connectivity index (χ4n) is 7.24. The van der Waals surface area contributed by atoms with Gasteiger partial charge in [-0.05, 0) is 107 Å². The minimum absolute atomic E-state index is 0.0164. The van der Waals surface area contributed by atoms with Crippen LogP contribution in [0.4, 0.5) is 11.4 Å². The summed E-state index contributed by atoms with van der Waals surface area (Å²) < 4.78 is 81.1. The first-order chi connectivity index (χ1) is 33.4. The number of nitrogens with two attached hydrogens (primary N) is 2. The van der Waals surface area contributed by atoms with Gasteiger partial charge in [0.15, 0.2) is 11.5 Å². The molecule has 4 aromatic carbocycles. The van der Waals surface area contributed by atoms with Crippen LogP contribution in [-0.4, -0.2) is 99.9 Å². The quantitative estimate of drug-likeness (QED) is 0.0273. The third kappa shape index (κ3) is 17.9. The number of para-hydroxylation sites is 1. The lowest BCUT2D eigenvalue weighted by Gasteiger charge is -2.28. The monoisotopic (exact) mass is 1010 g/mol. The molecule has 0 radical (unpaired) electrons. The molecule has 70 heavy (non-hydrogen) atoms. The van der Waals surface area contributed by atoms with Gasteiger partial charge in [0.1, 0.15) is 21.3 Å². The zero-order valence-electron chi connectivity index (χ0n) is 41.4. The van der Waals surface area contributed by atoms with E-state index in [9.17, 15) is 31.2 Å². The highest BCUT2D eigenvalue weighted by molar-refractivity contribution is 7.89. The average Bonchev–Trinajstić information content (AvgIpc) is 3.32. The van der Waals surface area contributed by atoms with Crippen molar-refractivity contribution < 1.29 is 54.9 Å². The molecule has 17 nitrogen and oxygen atoms in total. The van der Waals surface area contributed by atoms with Gasteiger partial charge in [-0.2, -0.15) is 0 Å². The first-order valence-corrected chi connectivity index (χ1v) is 27.0. The number of carbonyl (C=O) groups excluding carboxylic acids is 3. The standard InChI is InChI=1S/C51H71N5O12S2/c1-7-11-28-55(29-12-8-2)43-33-39(50(58)64-32-18-27-54(5)6)35-45(69(52,60)61)49(43)68-42-24-21-38(22-25-42)23-26-47(57)65-37-66-51(59)40-34-44(56(30-13-9-3)31-14-10-4)48(46(36-40)70(53,62)63)67-41-19-16-15-17-20-41/h15-17,19-22,24-25,33-36H,7-14,18,23,26-32,37H2,1-6H3,(H2,52,60,61)(H2,53,62,63). The van der Waals surface area contributed by atoms with E-state index in [1.807, 2.05) is 42.6 Å². The summed E-state index contributed by atoms with van der Waals surface area (Å²) in [6.07, 6.45) is 7.37. The van der Waals surface area contributed by atoms with Crippen molar-refractivity contribution in [1.29, 1.82) is 0 Å².